The van der Waals surface area contributed by atoms with Gasteiger partial charge >= 0.3 is 0 Å². The van der Waals surface area contributed by atoms with E-state index in [1.807, 2.05) is 0 Å². The molecule has 1 aromatic heterocycles. The summed E-state index contributed by atoms with van der Waals surface area (Å²) < 4.78 is 12.5. The molecule has 0 aliphatic carbocycles. The first-order chi connectivity index (χ1) is 5.61. The minimum Gasteiger partial charge on any atom is -0.385 e. The van der Waals surface area contributed by atoms with E-state index in [0.29, 0.717) is 0 Å². The normalized spacial score (nSPS) is 15.7. The van der Waals surface area contributed by atoms with Crippen LogP contribution in [0.3, 0.4) is 0 Å². The molecule has 1 aromatic rings. The fourth-order valence-corrected chi connectivity index (χ4v) is 0.858. The van der Waals surface area contributed by atoms with Crippen LogP contribution in [0.5, 0.6) is 0 Å². The van der Waals surface area contributed by atoms with Gasteiger partial charge in [0.15, 0.2) is 0 Å². The predicted molar refractivity (Wildman–Crippen MR) is 42.8 cm³/mol. The Bertz CT molecular complexity index is 265. The van der Waals surface area contributed by atoms with Gasteiger partial charge in [0.1, 0.15) is 6.10 Å². The summed E-state index contributed by atoms with van der Waals surface area (Å²) in [6.07, 6.45) is -0.902. The molecular formula is C8H11FN2O. The van der Waals surface area contributed by atoms with Crippen LogP contribution >= 0.6 is 0 Å². The zero-order valence-corrected chi connectivity index (χ0v) is 6.74. The number of hydrogen-bond acceptors (Lipinski definition) is 3. The van der Waals surface area contributed by atoms with Crippen LogP contribution in [0.15, 0.2) is 18.2 Å². The van der Waals surface area contributed by atoms with E-state index in [4.69, 9.17) is 5.73 Å². The molecule has 0 bridgehead atoms. The van der Waals surface area contributed by atoms with Gasteiger partial charge < -0.3 is 10.8 Å². The number of aromatic nitrogens is 1. The van der Waals surface area contributed by atoms with Gasteiger partial charge in [-0.3, -0.25) is 0 Å². The molecule has 4 heteroatoms. The summed E-state index contributed by atoms with van der Waals surface area (Å²) >= 11 is 0. The van der Waals surface area contributed by atoms with Gasteiger partial charge in [0.05, 0.1) is 5.69 Å². The largest absolute Gasteiger partial charge is 0.385 e. The van der Waals surface area contributed by atoms with Crippen molar-refractivity contribution in [3.63, 3.8) is 0 Å². The van der Waals surface area contributed by atoms with Crippen LogP contribution < -0.4 is 5.73 Å². The highest BCUT2D eigenvalue weighted by molar-refractivity contribution is 5.08. The van der Waals surface area contributed by atoms with Gasteiger partial charge in [-0.25, -0.2) is 4.98 Å². The van der Waals surface area contributed by atoms with Crippen LogP contribution in [0.4, 0.5) is 4.39 Å². The number of pyridine rings is 1. The lowest BCUT2D eigenvalue weighted by atomic mass is 10.1. The van der Waals surface area contributed by atoms with Crippen molar-refractivity contribution in [2.75, 3.05) is 0 Å². The minimum atomic E-state index is -0.902. The lowest BCUT2D eigenvalue weighted by Crippen LogP contribution is -2.25. The fraction of sp³-hybridized carbons (Fsp3) is 0.375. The zero-order chi connectivity index (χ0) is 9.14. The molecule has 0 saturated heterocycles. The Hall–Kier alpha value is -1.00. The fourth-order valence-electron chi connectivity index (χ4n) is 0.858. The molecule has 0 amide bonds. The molecule has 3 nitrogen and oxygen atoms in total. The Morgan fingerprint density at radius 3 is 2.75 bits per heavy atom. The van der Waals surface area contributed by atoms with Crippen molar-refractivity contribution in [1.29, 1.82) is 0 Å². The number of hydrogen-bond donors (Lipinski definition) is 2. The third-order valence-electron chi connectivity index (χ3n) is 1.54. The average Bonchev–Trinajstić information content (AvgIpc) is 2.03. The molecule has 0 fully saturated rings. The highest BCUT2D eigenvalue weighted by Gasteiger charge is 2.13. The quantitative estimate of drug-likeness (QED) is 0.639. The van der Waals surface area contributed by atoms with Crippen LogP contribution in [0, 0.1) is 5.95 Å². The maximum absolute atomic E-state index is 12.5. The van der Waals surface area contributed by atoms with Crippen LogP contribution in [-0.2, 0) is 0 Å². The van der Waals surface area contributed by atoms with Crippen LogP contribution in [-0.4, -0.2) is 16.1 Å². The van der Waals surface area contributed by atoms with E-state index in [1.54, 1.807) is 6.92 Å². The van der Waals surface area contributed by atoms with E-state index >= 15 is 0 Å². The van der Waals surface area contributed by atoms with Crippen molar-refractivity contribution >= 4 is 0 Å². The molecule has 1 rings (SSSR count). The van der Waals surface area contributed by atoms with Gasteiger partial charge in [0.2, 0.25) is 5.95 Å². The van der Waals surface area contributed by atoms with Gasteiger partial charge in [0, 0.05) is 6.04 Å². The molecular weight excluding hydrogens is 159 g/mol. The number of aliphatic hydroxyl groups excluding tert-OH is 1. The first-order valence-electron chi connectivity index (χ1n) is 3.67. The molecule has 0 radical (unpaired) electrons. The van der Waals surface area contributed by atoms with Crippen LogP contribution in [0.2, 0.25) is 0 Å². The summed E-state index contributed by atoms with van der Waals surface area (Å²) in [6.45, 7) is 1.64. The summed E-state index contributed by atoms with van der Waals surface area (Å²) in [5, 5.41) is 9.37. The first-order valence-corrected chi connectivity index (χ1v) is 3.67. The van der Waals surface area contributed by atoms with Gasteiger partial charge in [-0.2, -0.15) is 4.39 Å². The zero-order valence-electron chi connectivity index (χ0n) is 6.74. The summed E-state index contributed by atoms with van der Waals surface area (Å²) in [5.74, 6) is -0.604. The van der Waals surface area contributed by atoms with E-state index in [0.717, 1.165) is 0 Å². The number of rotatable bonds is 2. The molecule has 66 valence electrons. The standard InChI is InChI=1S/C8H11FN2O/c1-5(10)8(12)6-3-2-4-7(9)11-6/h2-5,8,12H,10H2,1H3/t5-,8-/m0/s1. The SMILES string of the molecule is C[C@H](N)[C@H](O)c1cccc(F)n1. The Kier molecular flexibility index (Phi) is 2.73. The minimum absolute atomic E-state index is 0.269. The summed E-state index contributed by atoms with van der Waals surface area (Å²) in [4.78, 5) is 3.50. The van der Waals surface area contributed by atoms with Crippen molar-refractivity contribution in [2.45, 2.75) is 19.1 Å². The Labute approximate surface area is 70.0 Å². The number of halogens is 1. The second-order valence-electron chi connectivity index (χ2n) is 2.69. The highest BCUT2D eigenvalue weighted by atomic mass is 19.1. The first kappa shape index (κ1) is 9.09. The van der Waals surface area contributed by atoms with Gasteiger partial charge in [-0.1, -0.05) is 6.07 Å². The number of aliphatic hydroxyl groups is 1. The molecule has 1 heterocycles. The average molecular weight is 170 g/mol. The Morgan fingerprint density at radius 2 is 2.25 bits per heavy atom. The molecule has 2 atom stereocenters. The smallest absolute Gasteiger partial charge is 0.213 e. The van der Waals surface area contributed by atoms with E-state index in [-0.39, 0.29) is 5.69 Å². The third kappa shape index (κ3) is 1.99. The molecule has 0 saturated carbocycles. The predicted octanol–water partition coefficient (Wildman–Crippen LogP) is 0.601. The Morgan fingerprint density at radius 1 is 1.58 bits per heavy atom. The van der Waals surface area contributed by atoms with Crippen molar-refractivity contribution in [3.8, 4) is 0 Å². The maximum Gasteiger partial charge on any atom is 0.213 e. The van der Waals surface area contributed by atoms with Gasteiger partial charge in [-0.05, 0) is 19.1 Å². The number of nitrogens with zero attached hydrogens (tertiary/aromatic N) is 1. The second kappa shape index (κ2) is 3.60. The van der Waals surface area contributed by atoms with Crippen LogP contribution in [0.1, 0.15) is 18.7 Å². The lowest BCUT2D eigenvalue weighted by Gasteiger charge is -2.12. The van der Waals surface area contributed by atoms with Crippen molar-refractivity contribution < 1.29 is 9.50 Å². The van der Waals surface area contributed by atoms with Crippen molar-refractivity contribution in [1.82, 2.24) is 4.98 Å². The monoisotopic (exact) mass is 170 g/mol. The molecule has 0 aliphatic heterocycles. The molecule has 3 N–H and O–H groups in total. The van der Waals surface area contributed by atoms with E-state index in [1.165, 1.54) is 18.2 Å². The van der Waals surface area contributed by atoms with Gasteiger partial charge in [-0.15, -0.1) is 0 Å². The molecule has 0 unspecified atom stereocenters. The third-order valence-corrected chi connectivity index (χ3v) is 1.54. The highest BCUT2D eigenvalue weighted by Crippen LogP contribution is 2.12. The molecule has 12 heavy (non-hydrogen) atoms. The van der Waals surface area contributed by atoms with Crippen molar-refractivity contribution in [2.24, 2.45) is 5.73 Å². The van der Waals surface area contributed by atoms with Crippen LogP contribution in [0.25, 0.3) is 0 Å². The van der Waals surface area contributed by atoms with E-state index in [2.05, 4.69) is 4.98 Å². The topological polar surface area (TPSA) is 59.1 Å². The molecule has 0 spiro atoms. The Balaban J connectivity index is 2.88. The maximum atomic E-state index is 12.5. The van der Waals surface area contributed by atoms with Crippen molar-refractivity contribution in [3.05, 3.63) is 29.8 Å². The van der Waals surface area contributed by atoms with Gasteiger partial charge in [0.25, 0.3) is 0 Å². The second-order valence-corrected chi connectivity index (χ2v) is 2.69. The van der Waals surface area contributed by atoms with E-state index < -0.39 is 18.1 Å². The summed E-state index contributed by atoms with van der Waals surface area (Å²) in [5.41, 5.74) is 5.67. The summed E-state index contributed by atoms with van der Waals surface area (Å²) in [7, 11) is 0. The van der Waals surface area contributed by atoms with E-state index in [9.17, 15) is 9.50 Å². The number of nitrogens with two attached hydrogens (primary N) is 1. The molecule has 0 aliphatic rings. The lowest BCUT2D eigenvalue weighted by molar-refractivity contribution is 0.147. The summed E-state index contributed by atoms with van der Waals surface area (Å²) in [6, 6.07) is 3.80. The molecule has 0 aromatic carbocycles.